The Morgan fingerprint density at radius 2 is 1.79 bits per heavy atom. The minimum Gasteiger partial charge on any atom is -0.349 e. The number of nitrogens with one attached hydrogen (secondary N) is 1. The van der Waals surface area contributed by atoms with E-state index >= 15 is 0 Å². The molecule has 0 atom stereocenters. The standard InChI is InChI=1S/C17H21N5O2/c18-11-15-4-3-13(12-19-15)16(23)20-14-5-9-22(10-6-14)17(24)21-7-1-2-8-21/h3-4,12,14H,1-2,5-10H2,(H,20,23). The van der Waals surface area contributed by atoms with E-state index in [9.17, 15) is 9.59 Å². The van der Waals surface area contributed by atoms with Crippen LogP contribution >= 0.6 is 0 Å². The second kappa shape index (κ2) is 7.30. The van der Waals surface area contributed by atoms with E-state index in [1.54, 1.807) is 6.07 Å². The van der Waals surface area contributed by atoms with Gasteiger partial charge in [-0.1, -0.05) is 0 Å². The second-order valence-corrected chi connectivity index (χ2v) is 6.26. The smallest absolute Gasteiger partial charge is 0.319 e. The van der Waals surface area contributed by atoms with E-state index in [1.807, 2.05) is 15.9 Å². The van der Waals surface area contributed by atoms with Gasteiger partial charge in [-0.25, -0.2) is 9.78 Å². The topological polar surface area (TPSA) is 89.3 Å². The number of likely N-dealkylation sites (tertiary alicyclic amines) is 2. The van der Waals surface area contributed by atoms with Crippen LogP contribution in [0.4, 0.5) is 4.79 Å². The van der Waals surface area contributed by atoms with Crippen LogP contribution in [0.25, 0.3) is 0 Å². The third-order valence-corrected chi connectivity index (χ3v) is 4.62. The quantitative estimate of drug-likeness (QED) is 0.888. The first-order chi connectivity index (χ1) is 11.7. The summed E-state index contributed by atoms with van der Waals surface area (Å²) in [5, 5.41) is 11.7. The van der Waals surface area contributed by atoms with E-state index in [-0.39, 0.29) is 18.0 Å². The van der Waals surface area contributed by atoms with Crippen molar-refractivity contribution in [2.45, 2.75) is 31.7 Å². The van der Waals surface area contributed by atoms with Crippen LogP contribution in [0.15, 0.2) is 18.3 Å². The first-order valence-corrected chi connectivity index (χ1v) is 8.38. The summed E-state index contributed by atoms with van der Waals surface area (Å²) >= 11 is 0. The molecule has 0 radical (unpaired) electrons. The van der Waals surface area contributed by atoms with Crippen LogP contribution in [-0.4, -0.2) is 58.9 Å². The van der Waals surface area contributed by atoms with Crippen molar-refractivity contribution in [2.24, 2.45) is 0 Å². The number of pyridine rings is 1. The van der Waals surface area contributed by atoms with Gasteiger partial charge in [-0.05, 0) is 37.8 Å². The Hall–Kier alpha value is -2.62. The molecule has 0 aliphatic carbocycles. The van der Waals surface area contributed by atoms with Crippen molar-refractivity contribution in [3.05, 3.63) is 29.6 Å². The minimum absolute atomic E-state index is 0.0655. The molecule has 1 aromatic rings. The van der Waals surface area contributed by atoms with Crippen LogP contribution < -0.4 is 5.32 Å². The number of hydrogen-bond donors (Lipinski definition) is 1. The van der Waals surface area contributed by atoms with Crippen molar-refractivity contribution >= 4 is 11.9 Å². The Kier molecular flexibility index (Phi) is 4.94. The Labute approximate surface area is 141 Å². The maximum absolute atomic E-state index is 12.3. The predicted octanol–water partition coefficient (Wildman–Crippen LogP) is 1.36. The van der Waals surface area contributed by atoms with Gasteiger partial charge in [0, 0.05) is 38.4 Å². The first kappa shape index (κ1) is 16.2. The number of carbonyl (C=O) groups excluding carboxylic acids is 2. The van der Waals surface area contributed by atoms with Gasteiger partial charge in [0.15, 0.2) is 0 Å². The summed E-state index contributed by atoms with van der Waals surface area (Å²) < 4.78 is 0. The van der Waals surface area contributed by atoms with Crippen LogP contribution in [0.5, 0.6) is 0 Å². The van der Waals surface area contributed by atoms with Crippen LogP contribution in [0.2, 0.25) is 0 Å². The first-order valence-electron chi connectivity index (χ1n) is 8.38. The van der Waals surface area contributed by atoms with Crippen LogP contribution in [0.1, 0.15) is 41.7 Å². The molecule has 0 spiro atoms. The fourth-order valence-corrected chi connectivity index (χ4v) is 3.19. The molecule has 2 aliphatic rings. The number of hydrogen-bond acceptors (Lipinski definition) is 4. The fraction of sp³-hybridized carbons (Fsp3) is 0.529. The molecule has 3 rings (SSSR count). The monoisotopic (exact) mass is 327 g/mol. The van der Waals surface area contributed by atoms with Gasteiger partial charge in [0.2, 0.25) is 0 Å². The maximum atomic E-state index is 12.3. The van der Waals surface area contributed by atoms with Crippen molar-refractivity contribution < 1.29 is 9.59 Å². The minimum atomic E-state index is -0.184. The summed E-state index contributed by atoms with van der Waals surface area (Å²) in [4.78, 5) is 32.3. The normalized spacial score (nSPS) is 18.3. The molecule has 1 aromatic heterocycles. The molecule has 3 heterocycles. The number of amides is 3. The summed E-state index contributed by atoms with van der Waals surface area (Å²) in [7, 11) is 0. The summed E-state index contributed by atoms with van der Waals surface area (Å²) in [5.74, 6) is -0.184. The highest BCUT2D eigenvalue weighted by Crippen LogP contribution is 2.16. The lowest BCUT2D eigenvalue weighted by Gasteiger charge is -2.34. The molecule has 0 saturated carbocycles. The van der Waals surface area contributed by atoms with E-state index < -0.39 is 0 Å². The molecule has 126 valence electrons. The third kappa shape index (κ3) is 3.65. The van der Waals surface area contributed by atoms with Crippen molar-refractivity contribution in [3.8, 4) is 6.07 Å². The molecule has 7 nitrogen and oxygen atoms in total. The lowest BCUT2D eigenvalue weighted by Crippen LogP contribution is -2.50. The largest absolute Gasteiger partial charge is 0.349 e. The fourth-order valence-electron chi connectivity index (χ4n) is 3.19. The zero-order chi connectivity index (χ0) is 16.9. The lowest BCUT2D eigenvalue weighted by molar-refractivity contribution is 0.0912. The van der Waals surface area contributed by atoms with E-state index in [1.165, 1.54) is 12.3 Å². The van der Waals surface area contributed by atoms with E-state index in [4.69, 9.17) is 5.26 Å². The Balaban J connectivity index is 1.48. The Bertz CT molecular complexity index is 638. The van der Waals surface area contributed by atoms with Gasteiger partial charge in [-0.3, -0.25) is 4.79 Å². The molecule has 2 aliphatic heterocycles. The number of nitrogens with zero attached hydrogens (tertiary/aromatic N) is 4. The van der Waals surface area contributed by atoms with Crippen molar-refractivity contribution in [3.63, 3.8) is 0 Å². The van der Waals surface area contributed by atoms with Crippen LogP contribution in [0, 0.1) is 11.3 Å². The highest BCUT2D eigenvalue weighted by Gasteiger charge is 2.28. The van der Waals surface area contributed by atoms with Gasteiger partial charge in [0.1, 0.15) is 11.8 Å². The number of urea groups is 1. The van der Waals surface area contributed by atoms with Crippen molar-refractivity contribution in [1.29, 1.82) is 5.26 Å². The van der Waals surface area contributed by atoms with Crippen molar-refractivity contribution in [2.75, 3.05) is 26.2 Å². The third-order valence-electron chi connectivity index (χ3n) is 4.62. The van der Waals surface area contributed by atoms with Crippen LogP contribution in [0.3, 0.4) is 0 Å². The van der Waals surface area contributed by atoms with Gasteiger partial charge >= 0.3 is 6.03 Å². The number of piperidine rings is 1. The van der Waals surface area contributed by atoms with Gasteiger partial charge in [-0.15, -0.1) is 0 Å². The Morgan fingerprint density at radius 3 is 2.38 bits per heavy atom. The average Bonchev–Trinajstić information content (AvgIpc) is 3.16. The highest BCUT2D eigenvalue weighted by molar-refractivity contribution is 5.94. The molecule has 2 fully saturated rings. The molecule has 0 unspecified atom stereocenters. The number of aromatic nitrogens is 1. The molecular formula is C17H21N5O2. The number of rotatable bonds is 2. The van der Waals surface area contributed by atoms with E-state index in [0.717, 1.165) is 38.8 Å². The lowest BCUT2D eigenvalue weighted by atomic mass is 10.0. The molecule has 7 heteroatoms. The number of nitriles is 1. The molecule has 24 heavy (non-hydrogen) atoms. The predicted molar refractivity (Wildman–Crippen MR) is 87.2 cm³/mol. The summed E-state index contributed by atoms with van der Waals surface area (Å²) in [6.45, 7) is 3.07. The van der Waals surface area contributed by atoms with Crippen LogP contribution in [-0.2, 0) is 0 Å². The van der Waals surface area contributed by atoms with Crippen molar-refractivity contribution in [1.82, 2.24) is 20.1 Å². The molecule has 0 bridgehead atoms. The highest BCUT2D eigenvalue weighted by atomic mass is 16.2. The van der Waals surface area contributed by atoms with Gasteiger partial charge in [0.25, 0.3) is 5.91 Å². The number of carbonyl (C=O) groups is 2. The summed E-state index contributed by atoms with van der Waals surface area (Å²) in [6.07, 6.45) is 5.12. The zero-order valence-electron chi connectivity index (χ0n) is 13.6. The van der Waals surface area contributed by atoms with Gasteiger partial charge < -0.3 is 15.1 Å². The molecular weight excluding hydrogens is 306 g/mol. The molecule has 1 N–H and O–H groups in total. The van der Waals surface area contributed by atoms with E-state index in [2.05, 4.69) is 10.3 Å². The zero-order valence-corrected chi connectivity index (χ0v) is 13.6. The SMILES string of the molecule is N#Cc1ccc(C(=O)NC2CCN(C(=O)N3CCCC3)CC2)cn1. The second-order valence-electron chi connectivity index (χ2n) is 6.26. The molecule has 2 saturated heterocycles. The maximum Gasteiger partial charge on any atom is 0.319 e. The Morgan fingerprint density at radius 1 is 1.12 bits per heavy atom. The summed E-state index contributed by atoms with van der Waals surface area (Å²) in [5.41, 5.74) is 0.741. The molecule has 0 aromatic carbocycles. The molecule has 3 amide bonds. The van der Waals surface area contributed by atoms with Gasteiger partial charge in [0.05, 0.1) is 5.56 Å². The van der Waals surface area contributed by atoms with Gasteiger partial charge in [-0.2, -0.15) is 5.26 Å². The summed E-state index contributed by atoms with van der Waals surface area (Å²) in [6, 6.07) is 5.27. The average molecular weight is 327 g/mol. The van der Waals surface area contributed by atoms with E-state index in [0.29, 0.717) is 24.3 Å².